The number of alkyl halides is 1. The van der Waals surface area contributed by atoms with Gasteiger partial charge in [-0.3, -0.25) is 24.7 Å². The first-order valence-corrected chi connectivity index (χ1v) is 14.2. The number of methoxy groups -OCH3 is 1. The number of rotatable bonds is 7. The van der Waals surface area contributed by atoms with Gasteiger partial charge >= 0.3 is 6.03 Å². The zero-order valence-electron chi connectivity index (χ0n) is 23.6. The number of nitrogens with zero attached hydrogens (tertiary/aromatic N) is 6. The maximum Gasteiger partial charge on any atom is 0.328 e. The number of pyridine rings is 2. The van der Waals surface area contributed by atoms with Crippen LogP contribution in [0.25, 0.3) is 0 Å². The van der Waals surface area contributed by atoms with E-state index in [0.717, 1.165) is 19.3 Å². The second-order valence-corrected chi connectivity index (χ2v) is 11.6. The lowest BCUT2D eigenvalue weighted by molar-refractivity contribution is -0.136. The van der Waals surface area contributed by atoms with Crippen LogP contribution in [0, 0.1) is 11.3 Å². The van der Waals surface area contributed by atoms with Crippen LogP contribution in [0.2, 0.25) is 0 Å². The smallest absolute Gasteiger partial charge is 0.328 e. The van der Waals surface area contributed by atoms with E-state index in [0.29, 0.717) is 36.2 Å². The minimum Gasteiger partial charge on any atom is -0.379 e. The van der Waals surface area contributed by atoms with Gasteiger partial charge in [0.05, 0.1) is 29.9 Å². The number of nitriles is 1. The van der Waals surface area contributed by atoms with Crippen molar-refractivity contribution < 1.29 is 23.5 Å². The third kappa shape index (κ3) is 4.94. The van der Waals surface area contributed by atoms with Crippen molar-refractivity contribution in [3.8, 4) is 6.07 Å². The Morgan fingerprint density at radius 2 is 2.12 bits per heavy atom. The van der Waals surface area contributed by atoms with Gasteiger partial charge in [-0.05, 0) is 32.4 Å². The van der Waals surface area contributed by atoms with Gasteiger partial charge in [0, 0.05) is 69.0 Å². The highest BCUT2D eigenvalue weighted by Crippen LogP contribution is 2.56. The number of hydrogen-bond acceptors (Lipinski definition) is 9. The SMILES string of the molecule is CO[C@@H]1CCC[C@@H]1Nc1cc(NC(=O)N2c3nc(C=O)c(CN4CCN(C)CC4=O)cc3C3(F)CC2C3)ncc1C#N. The van der Waals surface area contributed by atoms with Gasteiger partial charge in [0.15, 0.2) is 6.29 Å². The summed E-state index contributed by atoms with van der Waals surface area (Å²) in [7, 11) is 3.53. The van der Waals surface area contributed by atoms with Gasteiger partial charge in [-0.2, -0.15) is 5.26 Å². The van der Waals surface area contributed by atoms with Crippen LogP contribution in [0.1, 0.15) is 59.3 Å². The predicted molar refractivity (Wildman–Crippen MR) is 151 cm³/mol. The number of urea groups is 1. The first-order valence-electron chi connectivity index (χ1n) is 14.2. The predicted octanol–water partition coefficient (Wildman–Crippen LogP) is 2.79. The zero-order valence-corrected chi connectivity index (χ0v) is 23.6. The molecule has 0 aromatic carbocycles. The van der Waals surface area contributed by atoms with Crippen LogP contribution in [0.3, 0.4) is 0 Å². The lowest BCUT2D eigenvalue weighted by Crippen LogP contribution is -2.60. The van der Waals surface area contributed by atoms with Gasteiger partial charge in [-0.25, -0.2) is 19.2 Å². The van der Waals surface area contributed by atoms with Crippen LogP contribution in [0.15, 0.2) is 18.3 Å². The number of carbonyl (C=O) groups excluding carboxylic acids is 3. The number of amides is 3. The van der Waals surface area contributed by atoms with Crippen molar-refractivity contribution in [1.82, 2.24) is 19.8 Å². The Morgan fingerprint density at radius 3 is 2.83 bits per heavy atom. The number of carbonyl (C=O) groups is 3. The Morgan fingerprint density at radius 1 is 1.31 bits per heavy atom. The van der Waals surface area contributed by atoms with Crippen LogP contribution in [0.5, 0.6) is 0 Å². The Hall–Kier alpha value is -4.15. The van der Waals surface area contributed by atoms with Crippen LogP contribution in [-0.2, 0) is 21.7 Å². The summed E-state index contributed by atoms with van der Waals surface area (Å²) in [5.41, 5.74) is -0.0286. The largest absolute Gasteiger partial charge is 0.379 e. The van der Waals surface area contributed by atoms with Crippen LogP contribution < -0.4 is 15.5 Å². The molecule has 3 fully saturated rings. The van der Waals surface area contributed by atoms with E-state index in [9.17, 15) is 19.6 Å². The molecule has 2 aliphatic carbocycles. The zero-order chi connectivity index (χ0) is 29.6. The van der Waals surface area contributed by atoms with E-state index in [1.807, 2.05) is 11.9 Å². The molecular weight excluding hydrogens is 543 g/mol. The fourth-order valence-electron chi connectivity index (χ4n) is 6.50. The van der Waals surface area contributed by atoms with Gasteiger partial charge < -0.3 is 15.0 Å². The highest BCUT2D eigenvalue weighted by atomic mass is 19.1. The van der Waals surface area contributed by atoms with Crippen molar-refractivity contribution in [1.29, 1.82) is 5.26 Å². The average Bonchev–Trinajstić information content (AvgIpc) is 3.41. The minimum absolute atomic E-state index is 0.0181. The van der Waals surface area contributed by atoms with E-state index in [-0.39, 0.29) is 66.9 Å². The molecule has 12 nitrogen and oxygen atoms in total. The Bertz CT molecular complexity index is 1470. The molecular formula is C29H33FN8O4. The molecule has 13 heteroatoms. The van der Waals surface area contributed by atoms with E-state index < -0.39 is 17.7 Å². The normalized spacial score (nSPS) is 26.7. The Labute approximate surface area is 242 Å². The van der Waals surface area contributed by atoms with Crippen molar-refractivity contribution in [3.63, 3.8) is 0 Å². The summed E-state index contributed by atoms with van der Waals surface area (Å²) >= 11 is 0. The lowest BCUT2D eigenvalue weighted by atomic mass is 9.68. The van der Waals surface area contributed by atoms with Gasteiger partial charge in [-0.15, -0.1) is 0 Å². The summed E-state index contributed by atoms with van der Waals surface area (Å²) in [6.45, 7) is 1.59. The number of aromatic nitrogens is 2. The third-order valence-corrected chi connectivity index (χ3v) is 8.87. The van der Waals surface area contributed by atoms with E-state index in [4.69, 9.17) is 4.74 Å². The highest BCUT2D eigenvalue weighted by molar-refractivity contribution is 6.03. The fourth-order valence-corrected chi connectivity index (χ4v) is 6.50. The minimum atomic E-state index is -1.66. The first kappa shape index (κ1) is 28.0. The first-order chi connectivity index (χ1) is 20.2. The summed E-state index contributed by atoms with van der Waals surface area (Å²) in [6.07, 6.45) is 5.01. The molecule has 2 aromatic heterocycles. The van der Waals surface area contributed by atoms with Gasteiger partial charge in [0.25, 0.3) is 0 Å². The summed E-state index contributed by atoms with van der Waals surface area (Å²) in [4.78, 5) is 51.9. The topological polar surface area (TPSA) is 144 Å². The molecule has 2 N–H and O–H groups in total. The molecule has 2 atom stereocenters. The number of hydrogen-bond donors (Lipinski definition) is 2. The lowest BCUT2D eigenvalue weighted by Gasteiger charge is -2.52. The Balaban J connectivity index is 1.26. The molecule has 220 valence electrons. The number of anilines is 3. The average molecular weight is 577 g/mol. The van der Waals surface area contributed by atoms with E-state index in [1.165, 1.54) is 11.1 Å². The summed E-state index contributed by atoms with van der Waals surface area (Å²) in [5, 5.41) is 15.8. The molecule has 3 amide bonds. The summed E-state index contributed by atoms with van der Waals surface area (Å²) in [6, 6.07) is 4.35. The number of halogens is 1. The standard InChI is InChI=1S/C29H33FN8O4/c1-36-6-7-37(26(40)15-36)14-17-8-20-27(34-23(17)16-39)38(19-10-29(20,30)11-19)28(41)35-25-9-22(18(12-31)13-32-25)33-21-4-3-5-24(21)42-2/h8-9,13,16,19,21,24H,3-7,10-11,14-15H2,1-2H3,(H2,32,33,35,41)/t19?,21-,24+,29?/m0/s1. The number of piperazine rings is 1. The maximum atomic E-state index is 15.9. The molecule has 2 aromatic rings. The van der Waals surface area contributed by atoms with Crippen molar-refractivity contribution in [3.05, 3.63) is 40.7 Å². The molecule has 3 aliphatic heterocycles. The fraction of sp³-hybridized carbons (Fsp3) is 0.517. The molecule has 0 spiro atoms. The van der Waals surface area contributed by atoms with Crippen LogP contribution in [0.4, 0.5) is 26.5 Å². The number of ether oxygens (including phenoxy) is 1. The van der Waals surface area contributed by atoms with Crippen molar-refractivity contribution in [2.75, 3.05) is 49.3 Å². The highest BCUT2D eigenvalue weighted by Gasteiger charge is 2.57. The number of likely N-dealkylation sites (N-methyl/N-ethyl adjacent to an activating group) is 1. The number of nitrogens with one attached hydrogen (secondary N) is 2. The molecule has 5 heterocycles. The summed E-state index contributed by atoms with van der Waals surface area (Å²) in [5.74, 6) is 0.230. The van der Waals surface area contributed by atoms with Crippen molar-refractivity contribution >= 4 is 35.5 Å². The van der Waals surface area contributed by atoms with Crippen LogP contribution in [-0.4, -0.2) is 90.0 Å². The molecule has 7 rings (SSSR count). The molecule has 0 radical (unpaired) electrons. The van der Waals surface area contributed by atoms with Gasteiger partial charge in [0.2, 0.25) is 5.91 Å². The van der Waals surface area contributed by atoms with Gasteiger partial charge in [-0.1, -0.05) is 0 Å². The number of aldehydes is 1. The van der Waals surface area contributed by atoms with Crippen molar-refractivity contribution in [2.45, 2.75) is 62.5 Å². The van der Waals surface area contributed by atoms with E-state index >= 15 is 4.39 Å². The molecule has 2 saturated carbocycles. The maximum absolute atomic E-state index is 15.9. The second-order valence-electron chi connectivity index (χ2n) is 11.6. The quantitative estimate of drug-likeness (QED) is 0.476. The Kier molecular flexibility index (Phi) is 7.28. The molecule has 5 aliphatic rings. The molecule has 1 saturated heterocycles. The summed E-state index contributed by atoms with van der Waals surface area (Å²) < 4.78 is 21.4. The van der Waals surface area contributed by atoms with E-state index in [1.54, 1.807) is 24.1 Å². The van der Waals surface area contributed by atoms with Crippen LogP contribution >= 0.6 is 0 Å². The van der Waals surface area contributed by atoms with E-state index in [2.05, 4.69) is 26.7 Å². The molecule has 0 unspecified atom stereocenters. The second kappa shape index (κ2) is 10.9. The van der Waals surface area contributed by atoms with Crippen molar-refractivity contribution in [2.24, 2.45) is 0 Å². The third-order valence-electron chi connectivity index (χ3n) is 8.87. The van der Waals surface area contributed by atoms with Gasteiger partial charge in [0.1, 0.15) is 29.1 Å². The molecule has 42 heavy (non-hydrogen) atoms. The molecule has 2 bridgehead atoms. The monoisotopic (exact) mass is 576 g/mol.